The molecule has 0 radical (unpaired) electrons. The van der Waals surface area contributed by atoms with Crippen LogP contribution >= 0.6 is 23.6 Å². The maximum absolute atomic E-state index is 12.9. The van der Waals surface area contributed by atoms with E-state index in [-0.39, 0.29) is 5.56 Å². The molecule has 6 heteroatoms. The zero-order valence-corrected chi connectivity index (χ0v) is 14.0. The van der Waals surface area contributed by atoms with Crippen molar-refractivity contribution in [1.29, 1.82) is 0 Å². The van der Waals surface area contributed by atoms with E-state index in [0.29, 0.717) is 11.5 Å². The molecule has 1 aliphatic rings. The number of benzene rings is 1. The number of fused-ring (bicyclic) bond motifs is 3. The van der Waals surface area contributed by atoms with Gasteiger partial charge in [0, 0.05) is 10.4 Å². The van der Waals surface area contributed by atoms with E-state index in [9.17, 15) is 4.79 Å². The van der Waals surface area contributed by atoms with Crippen LogP contribution < -0.4 is 11.3 Å². The average Bonchev–Trinajstić information content (AvgIpc) is 3.11. The quantitative estimate of drug-likeness (QED) is 0.744. The summed E-state index contributed by atoms with van der Waals surface area (Å²) in [6, 6.07) is 7.68. The molecular formula is C17H15N3OS2. The normalized spacial score (nSPS) is 13.4. The van der Waals surface area contributed by atoms with Crippen molar-refractivity contribution in [3.8, 4) is 0 Å². The first-order valence-corrected chi connectivity index (χ1v) is 8.74. The summed E-state index contributed by atoms with van der Waals surface area (Å²) < 4.78 is 1.67. The van der Waals surface area contributed by atoms with Crippen LogP contribution in [0.25, 0.3) is 10.2 Å². The second kappa shape index (κ2) is 5.54. The number of rotatable bonds is 3. The molecule has 0 bridgehead atoms. The predicted molar refractivity (Wildman–Crippen MR) is 97.3 cm³/mol. The number of aryl methyl sites for hydroxylation is 2. The molecule has 1 aromatic carbocycles. The third-order valence-corrected chi connectivity index (χ3v) is 5.69. The number of nitrogens with two attached hydrogens (primary N) is 1. The molecule has 0 spiro atoms. The summed E-state index contributed by atoms with van der Waals surface area (Å²) in [5.74, 6) is 0. The van der Waals surface area contributed by atoms with Crippen LogP contribution in [-0.2, 0) is 19.4 Å². The minimum atomic E-state index is 0.0510. The van der Waals surface area contributed by atoms with Crippen LogP contribution in [0.2, 0.25) is 0 Å². The fourth-order valence-corrected chi connectivity index (χ4v) is 4.50. The van der Waals surface area contributed by atoms with Crippen LogP contribution in [0, 0.1) is 0 Å². The summed E-state index contributed by atoms with van der Waals surface area (Å²) in [4.78, 5) is 19.9. The molecule has 4 rings (SSSR count). The number of nitrogens with zero attached hydrogens (tertiary/aromatic N) is 2. The first-order valence-electron chi connectivity index (χ1n) is 7.52. The lowest BCUT2D eigenvalue weighted by molar-refractivity contribution is 0.748. The Kier molecular flexibility index (Phi) is 3.50. The van der Waals surface area contributed by atoms with E-state index in [1.807, 2.05) is 24.3 Å². The lowest BCUT2D eigenvalue weighted by Gasteiger charge is -2.07. The summed E-state index contributed by atoms with van der Waals surface area (Å²) in [6.45, 7) is 0.475. The lowest BCUT2D eigenvalue weighted by Crippen LogP contribution is -2.21. The molecule has 2 aromatic heterocycles. The Morgan fingerprint density at radius 2 is 2.26 bits per heavy atom. The molecule has 0 saturated heterocycles. The number of hydrogen-bond acceptors (Lipinski definition) is 4. The highest BCUT2D eigenvalue weighted by molar-refractivity contribution is 7.80. The molecule has 0 fully saturated rings. The topological polar surface area (TPSA) is 60.9 Å². The summed E-state index contributed by atoms with van der Waals surface area (Å²) in [7, 11) is 0. The Morgan fingerprint density at radius 3 is 3.09 bits per heavy atom. The highest BCUT2D eigenvalue weighted by Crippen LogP contribution is 2.34. The fraction of sp³-hybridized carbons (Fsp3) is 0.235. The van der Waals surface area contributed by atoms with Crippen LogP contribution in [0.4, 0.5) is 0 Å². The minimum absolute atomic E-state index is 0.0510. The molecule has 2 N–H and O–H groups in total. The van der Waals surface area contributed by atoms with Crippen molar-refractivity contribution in [2.24, 2.45) is 5.73 Å². The van der Waals surface area contributed by atoms with Gasteiger partial charge in [0.15, 0.2) is 0 Å². The van der Waals surface area contributed by atoms with Gasteiger partial charge in [0.1, 0.15) is 9.82 Å². The van der Waals surface area contributed by atoms with Gasteiger partial charge in [0.25, 0.3) is 5.56 Å². The van der Waals surface area contributed by atoms with Crippen molar-refractivity contribution in [2.75, 3.05) is 0 Å². The maximum Gasteiger partial charge on any atom is 0.262 e. The van der Waals surface area contributed by atoms with E-state index in [0.717, 1.165) is 40.6 Å². The first kappa shape index (κ1) is 14.5. The number of aromatic nitrogens is 2. The molecular weight excluding hydrogens is 326 g/mol. The van der Waals surface area contributed by atoms with Crippen molar-refractivity contribution in [1.82, 2.24) is 9.55 Å². The van der Waals surface area contributed by atoms with Gasteiger partial charge in [0.05, 0.1) is 18.3 Å². The van der Waals surface area contributed by atoms with E-state index in [2.05, 4.69) is 4.98 Å². The number of hydrogen-bond donors (Lipinski definition) is 1. The van der Waals surface area contributed by atoms with Gasteiger partial charge in [-0.2, -0.15) is 0 Å². The molecule has 3 aromatic rings. The summed E-state index contributed by atoms with van der Waals surface area (Å²) in [6.07, 6.45) is 4.85. The Morgan fingerprint density at radius 1 is 1.39 bits per heavy atom. The van der Waals surface area contributed by atoms with Crippen LogP contribution in [0.1, 0.15) is 28.0 Å². The van der Waals surface area contributed by atoms with Gasteiger partial charge in [-0.15, -0.1) is 11.3 Å². The summed E-state index contributed by atoms with van der Waals surface area (Å²) in [5, 5.41) is 0.815. The van der Waals surface area contributed by atoms with Gasteiger partial charge in [-0.25, -0.2) is 4.98 Å². The Bertz CT molecular complexity index is 987. The second-order valence-corrected chi connectivity index (χ2v) is 7.30. The standard InChI is InChI=1S/C17H15N3OS2/c18-15(22)11-4-1-3-10(7-11)8-20-9-19-16-14(17(20)21)12-5-2-6-13(12)23-16/h1,3-4,7,9H,2,5-6,8H2,(H2,18,22). The second-order valence-electron chi connectivity index (χ2n) is 5.78. The van der Waals surface area contributed by atoms with Gasteiger partial charge in [-0.05, 0) is 36.5 Å². The Labute approximate surface area is 142 Å². The van der Waals surface area contributed by atoms with Crippen molar-refractivity contribution >= 4 is 38.8 Å². The van der Waals surface area contributed by atoms with Crippen LogP contribution in [0.5, 0.6) is 0 Å². The van der Waals surface area contributed by atoms with Gasteiger partial charge in [-0.3, -0.25) is 9.36 Å². The highest BCUT2D eigenvalue weighted by atomic mass is 32.1. The fourth-order valence-electron chi connectivity index (χ4n) is 3.15. The minimum Gasteiger partial charge on any atom is -0.389 e. The highest BCUT2D eigenvalue weighted by Gasteiger charge is 2.21. The van der Waals surface area contributed by atoms with E-state index < -0.39 is 0 Å². The van der Waals surface area contributed by atoms with E-state index in [1.165, 1.54) is 10.4 Å². The van der Waals surface area contributed by atoms with Crippen molar-refractivity contribution < 1.29 is 0 Å². The van der Waals surface area contributed by atoms with Crippen molar-refractivity contribution in [3.63, 3.8) is 0 Å². The molecule has 0 aliphatic heterocycles. The van der Waals surface area contributed by atoms with Gasteiger partial charge >= 0.3 is 0 Å². The van der Waals surface area contributed by atoms with Crippen LogP contribution in [0.3, 0.4) is 0 Å². The number of thiophene rings is 1. The molecule has 0 unspecified atom stereocenters. The lowest BCUT2D eigenvalue weighted by atomic mass is 10.1. The van der Waals surface area contributed by atoms with Crippen LogP contribution in [-0.4, -0.2) is 14.5 Å². The molecule has 0 saturated carbocycles. The maximum atomic E-state index is 12.9. The van der Waals surface area contributed by atoms with Gasteiger partial charge < -0.3 is 5.73 Å². The van der Waals surface area contributed by atoms with Gasteiger partial charge in [-0.1, -0.05) is 30.4 Å². The van der Waals surface area contributed by atoms with Gasteiger partial charge in [0.2, 0.25) is 0 Å². The molecule has 0 atom stereocenters. The third kappa shape index (κ3) is 2.48. The largest absolute Gasteiger partial charge is 0.389 e. The SMILES string of the molecule is NC(=S)c1cccc(Cn2cnc3sc4c(c3c2=O)CCC4)c1. The van der Waals surface area contributed by atoms with E-state index in [1.54, 1.807) is 22.2 Å². The van der Waals surface area contributed by atoms with Crippen molar-refractivity contribution in [2.45, 2.75) is 25.8 Å². The monoisotopic (exact) mass is 341 g/mol. The number of thiocarbonyl (C=S) groups is 1. The van der Waals surface area contributed by atoms with Crippen LogP contribution in [0.15, 0.2) is 35.4 Å². The molecule has 2 heterocycles. The Balaban J connectivity index is 1.78. The molecule has 23 heavy (non-hydrogen) atoms. The van der Waals surface area contributed by atoms with E-state index in [4.69, 9.17) is 18.0 Å². The van der Waals surface area contributed by atoms with E-state index >= 15 is 0 Å². The molecule has 116 valence electrons. The Hall–Kier alpha value is -2.05. The van der Waals surface area contributed by atoms with Crippen molar-refractivity contribution in [3.05, 3.63) is 62.5 Å². The average molecular weight is 341 g/mol. The molecule has 0 amide bonds. The summed E-state index contributed by atoms with van der Waals surface area (Å²) in [5.41, 5.74) is 8.75. The molecule has 1 aliphatic carbocycles. The zero-order chi connectivity index (χ0) is 16.0. The predicted octanol–water partition coefficient (Wildman–Crippen LogP) is 2.63. The first-order chi connectivity index (χ1) is 11.1. The third-order valence-electron chi connectivity index (χ3n) is 4.26. The smallest absolute Gasteiger partial charge is 0.262 e. The summed E-state index contributed by atoms with van der Waals surface area (Å²) >= 11 is 6.68. The zero-order valence-electron chi connectivity index (χ0n) is 12.4. The molecule has 4 nitrogen and oxygen atoms in total.